The number of para-hydroxylation sites is 5. The maximum absolute atomic E-state index is 6.20. The Bertz CT molecular complexity index is 1680. The van der Waals surface area contributed by atoms with Crippen LogP contribution < -0.4 is 9.64 Å². The van der Waals surface area contributed by atoms with Crippen LogP contribution in [0.25, 0.3) is 33.3 Å². The van der Waals surface area contributed by atoms with Crippen LogP contribution in [-0.4, -0.2) is 4.98 Å². The van der Waals surface area contributed by atoms with Gasteiger partial charge in [-0.2, -0.15) is 0 Å². The maximum Gasteiger partial charge on any atom is 0.151 e. The van der Waals surface area contributed by atoms with E-state index in [2.05, 4.69) is 95.9 Å². The second kappa shape index (κ2) is 8.40. The van der Waals surface area contributed by atoms with Crippen LogP contribution in [0.1, 0.15) is 0 Å². The maximum atomic E-state index is 6.20. The van der Waals surface area contributed by atoms with Crippen molar-refractivity contribution < 1.29 is 4.74 Å². The van der Waals surface area contributed by atoms with Gasteiger partial charge in [0.25, 0.3) is 0 Å². The quantitative estimate of drug-likeness (QED) is 0.262. The second-order valence-electron chi connectivity index (χ2n) is 8.86. The van der Waals surface area contributed by atoms with Crippen LogP contribution in [0.5, 0.6) is 11.5 Å². The molecule has 0 spiro atoms. The smallest absolute Gasteiger partial charge is 0.151 e. The zero-order valence-corrected chi connectivity index (χ0v) is 19.5. The molecule has 170 valence electrons. The number of pyridine rings is 1. The van der Waals surface area contributed by atoms with Crippen molar-refractivity contribution in [2.24, 2.45) is 0 Å². The van der Waals surface area contributed by atoms with E-state index in [-0.39, 0.29) is 0 Å². The molecule has 0 aliphatic carbocycles. The van der Waals surface area contributed by atoms with Gasteiger partial charge >= 0.3 is 0 Å². The van der Waals surface area contributed by atoms with E-state index < -0.39 is 0 Å². The molecular weight excluding hydrogens is 440 g/mol. The Hall–Kier alpha value is -4.89. The number of ether oxygens (including phenoxy) is 1. The largest absolute Gasteiger partial charge is 0.453 e. The highest BCUT2D eigenvalue weighted by Gasteiger charge is 2.25. The molecule has 3 nitrogen and oxygen atoms in total. The standard InChI is InChI=1S/C33H22N2O/c1-2-11-23(12-3-1)27-22-29(34-28-16-5-4-15-26(27)28)24-13-10-14-25(21-24)35-30-17-6-8-19-32(30)36-33-20-9-7-18-31(33)35/h1-22H. The Balaban J connectivity index is 1.41. The van der Waals surface area contributed by atoms with E-state index in [1.165, 1.54) is 11.1 Å². The van der Waals surface area contributed by atoms with Crippen molar-refractivity contribution in [1.29, 1.82) is 0 Å². The summed E-state index contributed by atoms with van der Waals surface area (Å²) in [7, 11) is 0. The van der Waals surface area contributed by atoms with Crippen LogP contribution in [0.3, 0.4) is 0 Å². The predicted molar refractivity (Wildman–Crippen MR) is 147 cm³/mol. The Labute approximate surface area is 209 Å². The van der Waals surface area contributed by atoms with Crippen molar-refractivity contribution in [1.82, 2.24) is 4.98 Å². The van der Waals surface area contributed by atoms with E-state index in [0.717, 1.165) is 50.7 Å². The summed E-state index contributed by atoms with van der Waals surface area (Å²) in [6.45, 7) is 0. The predicted octanol–water partition coefficient (Wildman–Crippen LogP) is 9.14. The van der Waals surface area contributed by atoms with Crippen molar-refractivity contribution >= 4 is 28.0 Å². The fourth-order valence-electron chi connectivity index (χ4n) is 4.97. The van der Waals surface area contributed by atoms with Crippen molar-refractivity contribution in [2.45, 2.75) is 0 Å². The highest BCUT2D eigenvalue weighted by molar-refractivity contribution is 5.97. The minimum atomic E-state index is 0.844. The molecule has 1 aliphatic rings. The number of fused-ring (bicyclic) bond motifs is 3. The highest BCUT2D eigenvalue weighted by Crippen LogP contribution is 2.50. The number of hydrogen-bond donors (Lipinski definition) is 0. The highest BCUT2D eigenvalue weighted by atomic mass is 16.5. The van der Waals surface area contributed by atoms with Crippen LogP contribution in [0.2, 0.25) is 0 Å². The SMILES string of the molecule is c1ccc(-c2cc(-c3cccc(N4c5ccccc5Oc5ccccc54)c3)nc3ccccc23)cc1. The van der Waals surface area contributed by atoms with Gasteiger partial charge in [-0.05, 0) is 59.7 Å². The van der Waals surface area contributed by atoms with E-state index in [1.807, 2.05) is 42.5 Å². The number of nitrogens with zero attached hydrogens (tertiary/aromatic N) is 2. The van der Waals surface area contributed by atoms with Crippen LogP contribution >= 0.6 is 0 Å². The molecule has 3 heteroatoms. The molecule has 0 radical (unpaired) electrons. The summed E-state index contributed by atoms with van der Waals surface area (Å²) in [5, 5.41) is 1.15. The van der Waals surface area contributed by atoms with Gasteiger partial charge in [0, 0.05) is 16.6 Å². The molecule has 0 bridgehead atoms. The van der Waals surface area contributed by atoms with Gasteiger partial charge in [-0.25, -0.2) is 4.98 Å². The topological polar surface area (TPSA) is 25.4 Å². The van der Waals surface area contributed by atoms with E-state index in [0.29, 0.717) is 0 Å². The molecule has 36 heavy (non-hydrogen) atoms. The van der Waals surface area contributed by atoms with E-state index >= 15 is 0 Å². The van der Waals surface area contributed by atoms with Gasteiger partial charge in [0.1, 0.15) is 0 Å². The lowest BCUT2D eigenvalue weighted by Crippen LogP contribution is -2.15. The summed E-state index contributed by atoms with van der Waals surface area (Å²) < 4.78 is 6.20. The lowest BCUT2D eigenvalue weighted by atomic mass is 9.98. The van der Waals surface area contributed by atoms with Crippen molar-refractivity contribution in [2.75, 3.05) is 4.90 Å². The lowest BCUT2D eigenvalue weighted by molar-refractivity contribution is 0.477. The summed E-state index contributed by atoms with van der Waals surface area (Å²) in [5.74, 6) is 1.69. The van der Waals surface area contributed by atoms with Gasteiger partial charge in [-0.1, -0.05) is 84.9 Å². The molecule has 5 aromatic carbocycles. The molecule has 0 saturated carbocycles. The molecule has 2 heterocycles. The molecule has 0 saturated heterocycles. The third-order valence-corrected chi connectivity index (χ3v) is 6.63. The van der Waals surface area contributed by atoms with Crippen LogP contribution in [0, 0.1) is 0 Å². The molecule has 6 aromatic rings. The minimum Gasteiger partial charge on any atom is -0.453 e. The average Bonchev–Trinajstić information content (AvgIpc) is 2.96. The first-order valence-corrected chi connectivity index (χ1v) is 12.1. The first-order chi connectivity index (χ1) is 17.8. The molecule has 0 unspecified atom stereocenters. The summed E-state index contributed by atoms with van der Waals surface area (Å²) in [5.41, 5.74) is 8.47. The van der Waals surface area contributed by atoms with E-state index in [1.54, 1.807) is 0 Å². The lowest BCUT2D eigenvalue weighted by Gasteiger charge is -2.33. The van der Waals surface area contributed by atoms with Gasteiger partial charge in [-0.3, -0.25) is 0 Å². The van der Waals surface area contributed by atoms with Gasteiger partial charge in [0.05, 0.1) is 22.6 Å². The van der Waals surface area contributed by atoms with Gasteiger partial charge in [0.2, 0.25) is 0 Å². The fraction of sp³-hybridized carbons (Fsp3) is 0. The third kappa shape index (κ3) is 3.41. The number of anilines is 3. The number of rotatable bonds is 3. The number of hydrogen-bond acceptors (Lipinski definition) is 3. The van der Waals surface area contributed by atoms with Crippen molar-refractivity contribution in [3.05, 3.63) is 133 Å². The molecular formula is C33H22N2O. The summed E-state index contributed by atoms with van der Waals surface area (Å²) in [6, 6.07) is 46.0. The number of aromatic nitrogens is 1. The zero-order valence-electron chi connectivity index (χ0n) is 19.5. The molecule has 1 aliphatic heterocycles. The van der Waals surface area contributed by atoms with E-state index in [9.17, 15) is 0 Å². The van der Waals surface area contributed by atoms with Crippen molar-refractivity contribution in [3.8, 4) is 33.9 Å². The Morgan fingerprint density at radius 2 is 1.17 bits per heavy atom. The average molecular weight is 463 g/mol. The Morgan fingerprint density at radius 3 is 1.94 bits per heavy atom. The summed E-state index contributed by atoms with van der Waals surface area (Å²) in [6.07, 6.45) is 0. The van der Waals surface area contributed by atoms with Crippen LogP contribution in [-0.2, 0) is 0 Å². The van der Waals surface area contributed by atoms with Crippen LogP contribution in [0.15, 0.2) is 133 Å². The van der Waals surface area contributed by atoms with Gasteiger partial charge in [-0.15, -0.1) is 0 Å². The Kier molecular flexibility index (Phi) is 4.78. The molecule has 0 N–H and O–H groups in total. The molecule has 0 fully saturated rings. The first kappa shape index (κ1) is 20.5. The molecule has 7 rings (SSSR count). The minimum absolute atomic E-state index is 0.844. The van der Waals surface area contributed by atoms with E-state index in [4.69, 9.17) is 9.72 Å². The first-order valence-electron chi connectivity index (χ1n) is 12.1. The molecule has 0 atom stereocenters. The molecule has 0 amide bonds. The summed E-state index contributed by atoms with van der Waals surface area (Å²) in [4.78, 5) is 7.32. The summed E-state index contributed by atoms with van der Waals surface area (Å²) >= 11 is 0. The Morgan fingerprint density at radius 1 is 0.528 bits per heavy atom. The number of benzene rings is 5. The monoisotopic (exact) mass is 462 g/mol. The van der Waals surface area contributed by atoms with Gasteiger partial charge < -0.3 is 9.64 Å². The fourth-order valence-corrected chi connectivity index (χ4v) is 4.97. The van der Waals surface area contributed by atoms with Crippen LogP contribution in [0.4, 0.5) is 17.1 Å². The normalized spacial score (nSPS) is 12.1. The molecule has 1 aromatic heterocycles. The van der Waals surface area contributed by atoms with Gasteiger partial charge in [0.15, 0.2) is 11.5 Å². The third-order valence-electron chi connectivity index (χ3n) is 6.63. The second-order valence-corrected chi connectivity index (χ2v) is 8.86. The van der Waals surface area contributed by atoms with Crippen molar-refractivity contribution in [3.63, 3.8) is 0 Å². The zero-order chi connectivity index (χ0) is 23.9.